The van der Waals surface area contributed by atoms with Crippen LogP contribution in [0.4, 0.5) is 0 Å². The van der Waals surface area contributed by atoms with Crippen LogP contribution in [0.15, 0.2) is 12.2 Å². The lowest BCUT2D eigenvalue weighted by molar-refractivity contribution is -0.870. The van der Waals surface area contributed by atoms with E-state index in [4.69, 9.17) is 9.05 Å². The minimum absolute atomic E-state index is 0.00168. The van der Waals surface area contributed by atoms with E-state index in [2.05, 4.69) is 19.2 Å². The van der Waals surface area contributed by atoms with Gasteiger partial charge in [0.2, 0.25) is 5.91 Å². The smallest absolute Gasteiger partial charge is 0.268 e. The summed E-state index contributed by atoms with van der Waals surface area (Å²) in [5.74, 6) is -0.198. The molecule has 0 saturated carbocycles. The van der Waals surface area contributed by atoms with E-state index in [0.717, 1.165) is 38.5 Å². The monoisotopic (exact) mass is 703 g/mol. The fourth-order valence-corrected chi connectivity index (χ4v) is 6.46. The summed E-state index contributed by atoms with van der Waals surface area (Å²) in [6.07, 6.45) is 33.9. The predicted molar refractivity (Wildman–Crippen MR) is 201 cm³/mol. The van der Waals surface area contributed by atoms with Crippen molar-refractivity contribution in [1.29, 1.82) is 0 Å². The number of hydrogen-bond donors (Lipinski definition) is 2. The third-order valence-electron chi connectivity index (χ3n) is 9.00. The van der Waals surface area contributed by atoms with E-state index in [0.29, 0.717) is 17.4 Å². The Morgan fingerprint density at radius 2 is 1.12 bits per heavy atom. The normalized spacial score (nSPS) is 14.7. The maximum Gasteiger partial charge on any atom is 0.268 e. The molecule has 1 amide bonds. The number of hydrogen-bond acceptors (Lipinski definition) is 6. The van der Waals surface area contributed by atoms with E-state index in [-0.39, 0.29) is 19.1 Å². The van der Waals surface area contributed by atoms with Crippen LogP contribution in [-0.4, -0.2) is 68.5 Å². The van der Waals surface area contributed by atoms with Crippen molar-refractivity contribution in [2.75, 3.05) is 40.9 Å². The average Bonchev–Trinajstić information content (AvgIpc) is 3.02. The van der Waals surface area contributed by atoms with Crippen LogP contribution in [0.3, 0.4) is 0 Å². The van der Waals surface area contributed by atoms with Gasteiger partial charge < -0.3 is 28.8 Å². The second-order valence-corrected chi connectivity index (χ2v) is 16.4. The van der Waals surface area contributed by atoms with E-state index in [1.165, 1.54) is 122 Å². The summed E-state index contributed by atoms with van der Waals surface area (Å²) >= 11 is 0. The molecule has 0 aliphatic rings. The molecule has 0 aromatic rings. The number of amides is 1. The molecule has 0 saturated heterocycles. The molecule has 3 unspecified atom stereocenters. The van der Waals surface area contributed by atoms with E-state index in [9.17, 15) is 19.4 Å². The molecule has 2 N–H and O–H groups in total. The number of carbonyl (C=O) groups excluding carboxylic acids is 1. The van der Waals surface area contributed by atoms with Gasteiger partial charge in [-0.05, 0) is 19.3 Å². The van der Waals surface area contributed by atoms with E-state index in [1.54, 1.807) is 6.08 Å². The second kappa shape index (κ2) is 32.2. The molecule has 286 valence electrons. The first-order valence-corrected chi connectivity index (χ1v) is 21.5. The maximum atomic E-state index is 12.8. The minimum atomic E-state index is -4.57. The first-order valence-electron chi connectivity index (χ1n) is 20.1. The van der Waals surface area contributed by atoms with Crippen LogP contribution in [-0.2, 0) is 18.4 Å². The number of phosphoric ester groups is 1. The number of carbonyl (C=O) groups is 1. The van der Waals surface area contributed by atoms with Crippen molar-refractivity contribution in [2.45, 2.75) is 193 Å². The van der Waals surface area contributed by atoms with Crippen molar-refractivity contribution in [3.63, 3.8) is 0 Å². The number of aliphatic hydroxyl groups excluding tert-OH is 1. The van der Waals surface area contributed by atoms with Gasteiger partial charge in [0.1, 0.15) is 13.2 Å². The molecule has 0 aliphatic carbocycles. The molecular weight excluding hydrogens is 623 g/mol. The fraction of sp³-hybridized carbons (Fsp3) is 0.923. The van der Waals surface area contributed by atoms with Crippen LogP contribution in [0.2, 0.25) is 0 Å². The maximum absolute atomic E-state index is 12.8. The van der Waals surface area contributed by atoms with Gasteiger partial charge in [-0.15, -0.1) is 0 Å². The van der Waals surface area contributed by atoms with Crippen molar-refractivity contribution in [3.8, 4) is 0 Å². The van der Waals surface area contributed by atoms with Gasteiger partial charge >= 0.3 is 0 Å². The van der Waals surface area contributed by atoms with Crippen molar-refractivity contribution >= 4 is 13.7 Å². The summed E-state index contributed by atoms with van der Waals surface area (Å²) in [4.78, 5) is 25.2. The van der Waals surface area contributed by atoms with Crippen LogP contribution in [0.25, 0.3) is 0 Å². The molecule has 0 aromatic carbocycles. The Labute approximate surface area is 297 Å². The van der Waals surface area contributed by atoms with Gasteiger partial charge in [0, 0.05) is 6.42 Å². The molecule has 0 aliphatic heterocycles. The van der Waals surface area contributed by atoms with E-state index in [1.807, 2.05) is 27.2 Å². The summed E-state index contributed by atoms with van der Waals surface area (Å²) in [5.41, 5.74) is 0. The Morgan fingerprint density at radius 3 is 1.56 bits per heavy atom. The third kappa shape index (κ3) is 33.7. The average molecular weight is 703 g/mol. The molecule has 0 fully saturated rings. The highest BCUT2D eigenvalue weighted by Gasteiger charge is 2.23. The van der Waals surface area contributed by atoms with Crippen LogP contribution in [0.5, 0.6) is 0 Å². The Hall–Kier alpha value is -0.760. The molecule has 48 heavy (non-hydrogen) atoms. The Kier molecular flexibility index (Phi) is 31.7. The van der Waals surface area contributed by atoms with Gasteiger partial charge in [-0.1, -0.05) is 167 Å². The van der Waals surface area contributed by atoms with Gasteiger partial charge in [0.15, 0.2) is 0 Å². The molecule has 0 aromatic heterocycles. The lowest BCUT2D eigenvalue weighted by Gasteiger charge is -2.29. The number of quaternary nitrogens is 1. The summed E-state index contributed by atoms with van der Waals surface area (Å²) in [6.45, 7) is 4.63. The quantitative estimate of drug-likeness (QED) is 0.0291. The molecule has 3 atom stereocenters. The lowest BCUT2D eigenvalue weighted by Crippen LogP contribution is -2.45. The second-order valence-electron chi connectivity index (χ2n) is 15.0. The Morgan fingerprint density at radius 1 is 0.708 bits per heavy atom. The largest absolute Gasteiger partial charge is 0.756 e. The number of nitrogens with one attached hydrogen (secondary N) is 1. The van der Waals surface area contributed by atoms with Gasteiger partial charge in [-0.2, -0.15) is 0 Å². The third-order valence-corrected chi connectivity index (χ3v) is 9.96. The van der Waals surface area contributed by atoms with Gasteiger partial charge in [0.25, 0.3) is 7.82 Å². The van der Waals surface area contributed by atoms with E-state index < -0.39 is 20.0 Å². The van der Waals surface area contributed by atoms with Crippen LogP contribution in [0.1, 0.15) is 181 Å². The predicted octanol–water partition coefficient (Wildman–Crippen LogP) is 9.78. The van der Waals surface area contributed by atoms with Crippen molar-refractivity contribution in [3.05, 3.63) is 12.2 Å². The van der Waals surface area contributed by atoms with Crippen molar-refractivity contribution < 1.29 is 32.9 Å². The van der Waals surface area contributed by atoms with Gasteiger partial charge in [0.05, 0.1) is 39.9 Å². The first-order chi connectivity index (χ1) is 23.0. The zero-order chi connectivity index (χ0) is 35.8. The molecular formula is C39H79N2O6P. The molecule has 8 nitrogen and oxygen atoms in total. The number of allylic oxidation sites excluding steroid dienone is 1. The van der Waals surface area contributed by atoms with Crippen LogP contribution in [0, 0.1) is 0 Å². The molecule has 0 rings (SSSR count). The number of rotatable bonds is 36. The number of phosphoric acid groups is 1. The summed E-state index contributed by atoms with van der Waals surface area (Å²) in [7, 11) is 1.27. The number of likely N-dealkylation sites (N-methyl/N-ethyl adjacent to an activating group) is 1. The highest BCUT2D eigenvalue weighted by Crippen LogP contribution is 2.38. The highest BCUT2D eigenvalue weighted by atomic mass is 31.2. The summed E-state index contributed by atoms with van der Waals surface area (Å²) in [5, 5.41) is 13.7. The van der Waals surface area contributed by atoms with Gasteiger partial charge in [-0.3, -0.25) is 9.36 Å². The zero-order valence-corrected chi connectivity index (χ0v) is 33.1. The van der Waals surface area contributed by atoms with Crippen molar-refractivity contribution in [2.24, 2.45) is 0 Å². The Bertz CT molecular complexity index is 804. The number of aliphatic hydroxyl groups is 1. The number of unbranched alkanes of at least 4 members (excludes halogenated alkanes) is 23. The topological polar surface area (TPSA) is 108 Å². The fourth-order valence-electron chi connectivity index (χ4n) is 5.74. The summed E-state index contributed by atoms with van der Waals surface area (Å²) < 4.78 is 23.1. The molecule has 0 heterocycles. The molecule has 9 heteroatoms. The van der Waals surface area contributed by atoms with Gasteiger partial charge in [-0.25, -0.2) is 0 Å². The molecule has 0 spiro atoms. The summed E-state index contributed by atoms with van der Waals surface area (Å²) in [6, 6.07) is -0.877. The Balaban J connectivity index is 4.45. The zero-order valence-electron chi connectivity index (χ0n) is 32.2. The first kappa shape index (κ1) is 47.2. The molecule has 0 bridgehead atoms. The molecule has 0 radical (unpaired) electrons. The lowest BCUT2D eigenvalue weighted by atomic mass is 10.0. The standard InChI is InChI=1S/C39H79N2O6P/c1-6-8-10-12-14-16-18-19-20-21-23-25-27-29-31-33-39(43)40-37(36-47-48(44,45)46-35-34-41(3,4)5)38(42)32-30-28-26-24-22-17-15-13-11-9-7-2/h30,32,37-38,42H,6-29,31,33-36H2,1-5H3,(H-,40,43,44,45)/b32-30+. The minimum Gasteiger partial charge on any atom is -0.756 e. The SMILES string of the molecule is CCCCCCCCCCC/C=C/C(O)C(COP(=O)([O-])OCC[N+](C)(C)C)NC(=O)CCCCCCCCCCCCCCCCC. The van der Waals surface area contributed by atoms with Crippen LogP contribution < -0.4 is 10.2 Å². The van der Waals surface area contributed by atoms with Crippen molar-refractivity contribution in [1.82, 2.24) is 5.32 Å². The highest BCUT2D eigenvalue weighted by molar-refractivity contribution is 7.45. The number of nitrogens with zero attached hydrogens (tertiary/aromatic N) is 1. The van der Waals surface area contributed by atoms with E-state index >= 15 is 0 Å². The van der Waals surface area contributed by atoms with Crippen LogP contribution >= 0.6 is 7.82 Å².